The molecule has 1 aliphatic heterocycles. The summed E-state index contributed by atoms with van der Waals surface area (Å²) < 4.78 is 0. The van der Waals surface area contributed by atoms with Gasteiger partial charge in [-0.2, -0.15) is 0 Å². The Labute approximate surface area is 133 Å². The van der Waals surface area contributed by atoms with Crippen LogP contribution in [0.1, 0.15) is 5.56 Å². The molecular formula is C18H14N2O3. The zero-order valence-electron chi connectivity index (χ0n) is 12.5. The molecule has 5 heteroatoms. The van der Waals surface area contributed by atoms with Crippen molar-refractivity contribution in [2.75, 3.05) is 11.9 Å². The molecule has 1 heterocycles. The van der Waals surface area contributed by atoms with E-state index in [1.165, 1.54) is 18.2 Å². The SMILES string of the molecule is CN1/C(=C/C=C2\C=C([N+](=O)[O-])C=CC2=O)C=Cc2ccccc21. The molecule has 0 N–H and O–H groups in total. The van der Waals surface area contributed by atoms with Gasteiger partial charge in [0.05, 0.1) is 4.92 Å². The number of ketones is 1. The predicted octanol–water partition coefficient (Wildman–Crippen LogP) is 3.26. The Kier molecular flexibility index (Phi) is 3.76. The molecule has 0 fully saturated rings. The topological polar surface area (TPSA) is 63.4 Å². The number of hydrogen-bond donors (Lipinski definition) is 0. The van der Waals surface area contributed by atoms with Gasteiger partial charge in [-0.15, -0.1) is 0 Å². The minimum absolute atomic E-state index is 0.0906. The summed E-state index contributed by atoms with van der Waals surface area (Å²) in [5, 5.41) is 10.8. The molecular weight excluding hydrogens is 292 g/mol. The molecule has 23 heavy (non-hydrogen) atoms. The number of allylic oxidation sites excluding steroid dienone is 7. The molecule has 0 saturated heterocycles. The number of likely N-dealkylation sites (N-methyl/N-ethyl adjacent to an activating group) is 1. The summed E-state index contributed by atoms with van der Waals surface area (Å²) in [5.41, 5.74) is 3.29. The number of carbonyl (C=O) groups excluding carboxylic acids is 1. The molecule has 0 unspecified atom stereocenters. The highest BCUT2D eigenvalue weighted by Crippen LogP contribution is 2.29. The zero-order chi connectivity index (χ0) is 16.4. The van der Waals surface area contributed by atoms with Crippen molar-refractivity contribution in [2.45, 2.75) is 0 Å². The van der Waals surface area contributed by atoms with Gasteiger partial charge in [0.1, 0.15) is 0 Å². The number of rotatable bonds is 2. The van der Waals surface area contributed by atoms with Crippen LogP contribution < -0.4 is 4.90 Å². The van der Waals surface area contributed by atoms with Gasteiger partial charge in [0.25, 0.3) is 5.70 Å². The van der Waals surface area contributed by atoms with Gasteiger partial charge in [0, 0.05) is 36.2 Å². The molecule has 2 aliphatic rings. The average Bonchev–Trinajstić information content (AvgIpc) is 2.55. The molecule has 1 aromatic carbocycles. The number of fused-ring (bicyclic) bond motifs is 1. The maximum atomic E-state index is 11.8. The van der Waals surface area contributed by atoms with Crippen molar-refractivity contribution in [2.24, 2.45) is 0 Å². The summed E-state index contributed by atoms with van der Waals surface area (Å²) in [6, 6.07) is 7.98. The number of carbonyl (C=O) groups is 1. The Morgan fingerprint density at radius 2 is 1.87 bits per heavy atom. The van der Waals surface area contributed by atoms with Gasteiger partial charge in [0.2, 0.25) is 0 Å². The van der Waals surface area contributed by atoms with E-state index in [-0.39, 0.29) is 11.5 Å². The van der Waals surface area contributed by atoms with Crippen molar-refractivity contribution >= 4 is 17.5 Å². The first kappa shape index (κ1) is 14.7. The Morgan fingerprint density at radius 1 is 1.09 bits per heavy atom. The first-order valence-electron chi connectivity index (χ1n) is 7.07. The summed E-state index contributed by atoms with van der Waals surface area (Å²) in [5.74, 6) is -0.240. The highest BCUT2D eigenvalue weighted by Gasteiger charge is 2.17. The number of hydrogen-bond acceptors (Lipinski definition) is 4. The Balaban J connectivity index is 1.93. The third-order valence-electron chi connectivity index (χ3n) is 3.76. The van der Waals surface area contributed by atoms with Crippen LogP contribution in [0.3, 0.4) is 0 Å². The van der Waals surface area contributed by atoms with E-state index >= 15 is 0 Å². The van der Waals surface area contributed by atoms with Crippen molar-refractivity contribution in [3.05, 3.63) is 93.4 Å². The van der Waals surface area contributed by atoms with Gasteiger partial charge in [-0.3, -0.25) is 14.9 Å². The first-order valence-corrected chi connectivity index (χ1v) is 7.07. The lowest BCUT2D eigenvalue weighted by Crippen LogP contribution is -2.18. The van der Waals surface area contributed by atoms with Crippen molar-refractivity contribution in [3.63, 3.8) is 0 Å². The van der Waals surface area contributed by atoms with Crippen molar-refractivity contribution in [1.82, 2.24) is 0 Å². The molecule has 3 rings (SSSR count). The second-order valence-corrected chi connectivity index (χ2v) is 5.19. The van der Waals surface area contributed by atoms with Gasteiger partial charge in [-0.1, -0.05) is 24.3 Å². The maximum absolute atomic E-state index is 11.8. The molecule has 114 valence electrons. The molecule has 0 aromatic heterocycles. The lowest BCUT2D eigenvalue weighted by atomic mass is 10.0. The van der Waals surface area contributed by atoms with Gasteiger partial charge in [-0.25, -0.2) is 0 Å². The number of benzene rings is 1. The minimum Gasteiger partial charge on any atom is -0.344 e. The lowest BCUT2D eigenvalue weighted by Gasteiger charge is -2.26. The van der Waals surface area contributed by atoms with Gasteiger partial charge in [-0.05, 0) is 35.9 Å². The molecule has 1 aromatic rings. The maximum Gasteiger partial charge on any atom is 0.270 e. The third kappa shape index (κ3) is 2.89. The highest BCUT2D eigenvalue weighted by atomic mass is 16.6. The van der Waals surface area contributed by atoms with Crippen LogP contribution in [-0.2, 0) is 4.79 Å². The van der Waals surface area contributed by atoms with E-state index in [2.05, 4.69) is 0 Å². The van der Waals surface area contributed by atoms with E-state index in [9.17, 15) is 14.9 Å². The van der Waals surface area contributed by atoms with E-state index < -0.39 is 4.92 Å². The monoisotopic (exact) mass is 306 g/mol. The van der Waals surface area contributed by atoms with Gasteiger partial charge >= 0.3 is 0 Å². The van der Waals surface area contributed by atoms with Crippen LogP contribution in [0.15, 0.2) is 77.7 Å². The summed E-state index contributed by atoms with van der Waals surface area (Å²) >= 11 is 0. The largest absolute Gasteiger partial charge is 0.344 e. The molecule has 0 atom stereocenters. The van der Waals surface area contributed by atoms with E-state index in [0.717, 1.165) is 16.9 Å². The van der Waals surface area contributed by atoms with Crippen LogP contribution in [-0.4, -0.2) is 17.8 Å². The second-order valence-electron chi connectivity index (χ2n) is 5.19. The molecule has 1 aliphatic carbocycles. The molecule has 0 radical (unpaired) electrons. The van der Waals surface area contributed by atoms with Crippen LogP contribution in [0, 0.1) is 10.1 Å². The summed E-state index contributed by atoms with van der Waals surface area (Å²) in [6.07, 6.45) is 11.1. The minimum atomic E-state index is -0.507. The Hall–Kier alpha value is -3.21. The standard InChI is InChI=1S/C18H14N2O3/c1-19-15(8-6-13-4-2-3-5-17(13)19)9-7-14-12-16(20(22)23)10-11-18(14)21/h2-12H,1H3/b14-7+,15-9+. The third-order valence-corrected chi connectivity index (χ3v) is 3.76. The van der Waals surface area contributed by atoms with E-state index in [1.54, 1.807) is 12.2 Å². The van der Waals surface area contributed by atoms with Crippen molar-refractivity contribution < 1.29 is 9.72 Å². The lowest BCUT2D eigenvalue weighted by molar-refractivity contribution is -0.419. The fraction of sp³-hybridized carbons (Fsp3) is 0.0556. The van der Waals surface area contributed by atoms with E-state index in [4.69, 9.17) is 0 Å². The predicted molar refractivity (Wildman–Crippen MR) is 89.3 cm³/mol. The number of anilines is 1. The summed E-state index contributed by atoms with van der Waals surface area (Å²) in [4.78, 5) is 24.1. The molecule has 0 amide bonds. The molecule has 5 nitrogen and oxygen atoms in total. The van der Waals surface area contributed by atoms with E-state index in [1.807, 2.05) is 48.4 Å². The molecule has 0 bridgehead atoms. The fourth-order valence-corrected chi connectivity index (χ4v) is 2.48. The highest BCUT2D eigenvalue weighted by molar-refractivity contribution is 6.07. The summed E-state index contributed by atoms with van der Waals surface area (Å²) in [7, 11) is 1.94. The summed E-state index contributed by atoms with van der Waals surface area (Å²) in [6.45, 7) is 0. The van der Waals surface area contributed by atoms with Crippen LogP contribution in [0.5, 0.6) is 0 Å². The van der Waals surface area contributed by atoms with Gasteiger partial charge in [0.15, 0.2) is 5.78 Å². The normalized spacial score (nSPS) is 20.0. The van der Waals surface area contributed by atoms with Crippen LogP contribution >= 0.6 is 0 Å². The molecule has 0 saturated carbocycles. The van der Waals surface area contributed by atoms with Crippen molar-refractivity contribution in [1.29, 1.82) is 0 Å². The second kappa shape index (κ2) is 5.88. The first-order chi connectivity index (χ1) is 11.1. The number of nitrogens with zero attached hydrogens (tertiary/aromatic N) is 2. The number of para-hydroxylation sites is 1. The zero-order valence-corrected chi connectivity index (χ0v) is 12.5. The van der Waals surface area contributed by atoms with Crippen LogP contribution in [0.25, 0.3) is 6.08 Å². The fourth-order valence-electron chi connectivity index (χ4n) is 2.48. The Bertz CT molecular complexity index is 842. The smallest absolute Gasteiger partial charge is 0.270 e. The van der Waals surface area contributed by atoms with Crippen LogP contribution in [0.4, 0.5) is 5.69 Å². The van der Waals surface area contributed by atoms with Gasteiger partial charge < -0.3 is 4.90 Å². The van der Waals surface area contributed by atoms with E-state index in [0.29, 0.717) is 5.57 Å². The Morgan fingerprint density at radius 3 is 2.65 bits per heavy atom. The average molecular weight is 306 g/mol. The quantitative estimate of drug-likeness (QED) is 0.478. The van der Waals surface area contributed by atoms with Crippen LogP contribution in [0.2, 0.25) is 0 Å². The number of nitro groups is 1. The molecule has 0 spiro atoms. The van der Waals surface area contributed by atoms with Crippen molar-refractivity contribution in [3.8, 4) is 0 Å².